The largest absolute Gasteiger partial charge is 0.380 e. The van der Waals surface area contributed by atoms with Gasteiger partial charge in [0.25, 0.3) is 12.3 Å². The molecule has 1 aliphatic carbocycles. The lowest BCUT2D eigenvalue weighted by molar-refractivity contribution is -0.127. The van der Waals surface area contributed by atoms with E-state index in [4.69, 9.17) is 4.74 Å². The summed E-state index contributed by atoms with van der Waals surface area (Å²) in [6.45, 7) is 3.37. The van der Waals surface area contributed by atoms with Gasteiger partial charge in [-0.2, -0.15) is 0 Å². The molecule has 3 fully saturated rings. The molecule has 1 saturated carbocycles. The maximum Gasteiger partial charge on any atom is 0.282 e. The molecule has 188 valence electrons. The lowest BCUT2D eigenvalue weighted by atomic mass is 9.78. The fourth-order valence-electron chi connectivity index (χ4n) is 5.15. The molecule has 10 heteroatoms. The van der Waals surface area contributed by atoms with E-state index < -0.39 is 18.0 Å². The number of ether oxygens (including phenoxy) is 1. The van der Waals surface area contributed by atoms with Crippen molar-refractivity contribution in [1.29, 1.82) is 0 Å². The molecule has 0 unspecified atom stereocenters. The molecule has 8 nitrogen and oxygen atoms in total. The van der Waals surface area contributed by atoms with Gasteiger partial charge in [-0.1, -0.05) is 6.07 Å². The molecule has 2 saturated heterocycles. The van der Waals surface area contributed by atoms with Gasteiger partial charge in [-0.05, 0) is 48.6 Å². The second kappa shape index (κ2) is 8.31. The number of aromatic nitrogens is 4. The Kier molecular flexibility index (Phi) is 5.00. The van der Waals surface area contributed by atoms with Crippen molar-refractivity contribution in [3.8, 4) is 11.3 Å². The lowest BCUT2D eigenvalue weighted by Gasteiger charge is -2.55. The fourth-order valence-corrected chi connectivity index (χ4v) is 5.15. The molecule has 0 atom stereocenters. The Hall–Kier alpha value is -3.92. The van der Waals surface area contributed by atoms with Gasteiger partial charge in [0, 0.05) is 37.2 Å². The predicted molar refractivity (Wildman–Crippen MR) is 133 cm³/mol. The molecule has 4 aromatic heterocycles. The number of nitrogens with zero attached hydrogens (tertiary/aromatic N) is 5. The third-order valence-electron chi connectivity index (χ3n) is 7.46. The fraction of sp³-hybridized carbons (Fsp3) is 0.333. The second-order valence-corrected chi connectivity index (χ2v) is 10.3. The van der Waals surface area contributed by atoms with Crippen LogP contribution in [0.3, 0.4) is 0 Å². The van der Waals surface area contributed by atoms with E-state index in [1.165, 1.54) is 36.9 Å². The number of alkyl halides is 2. The van der Waals surface area contributed by atoms with E-state index in [0.717, 1.165) is 32.0 Å². The number of anilines is 2. The van der Waals surface area contributed by atoms with Crippen molar-refractivity contribution < 1.29 is 18.3 Å². The molecule has 4 aromatic rings. The lowest BCUT2D eigenvalue weighted by Crippen LogP contribution is -2.66. The summed E-state index contributed by atoms with van der Waals surface area (Å²) in [6, 6.07) is 9.19. The van der Waals surface area contributed by atoms with Crippen LogP contribution < -0.4 is 10.2 Å². The number of nitrogens with one attached hydrogen (secondary N) is 1. The Bertz CT molecular complexity index is 1500. The summed E-state index contributed by atoms with van der Waals surface area (Å²) in [4.78, 5) is 28.3. The Morgan fingerprint density at radius 1 is 1.05 bits per heavy atom. The number of fused-ring (bicyclic) bond motifs is 1. The monoisotopic (exact) mass is 502 g/mol. The highest BCUT2D eigenvalue weighted by atomic mass is 19.3. The minimum atomic E-state index is -2.85. The highest BCUT2D eigenvalue weighted by Crippen LogP contribution is 2.41. The zero-order valence-electron chi connectivity index (χ0n) is 19.9. The van der Waals surface area contributed by atoms with Gasteiger partial charge in [0.2, 0.25) is 0 Å². The van der Waals surface area contributed by atoms with Gasteiger partial charge < -0.3 is 15.0 Å². The first-order chi connectivity index (χ1) is 18.0. The number of carbonyl (C=O) groups excluding carboxylic acids is 1. The summed E-state index contributed by atoms with van der Waals surface area (Å²) in [5.41, 5.74) is 3.85. The number of carbonyl (C=O) groups is 1. The predicted octanol–water partition coefficient (Wildman–Crippen LogP) is 4.70. The zero-order chi connectivity index (χ0) is 25.1. The van der Waals surface area contributed by atoms with E-state index >= 15 is 0 Å². The van der Waals surface area contributed by atoms with Crippen LogP contribution in [0.4, 0.5) is 20.2 Å². The third-order valence-corrected chi connectivity index (χ3v) is 7.46. The van der Waals surface area contributed by atoms with E-state index in [-0.39, 0.29) is 16.8 Å². The van der Waals surface area contributed by atoms with Gasteiger partial charge in [0.15, 0.2) is 0 Å². The molecule has 3 aliphatic rings. The number of hydrogen-bond donors (Lipinski definition) is 1. The van der Waals surface area contributed by atoms with Crippen molar-refractivity contribution >= 4 is 22.9 Å². The Balaban J connectivity index is 1.16. The first kappa shape index (κ1) is 22.3. The molecule has 2 aliphatic heterocycles. The minimum absolute atomic E-state index is 0.0497. The van der Waals surface area contributed by atoms with Crippen molar-refractivity contribution in [2.45, 2.75) is 25.2 Å². The quantitative estimate of drug-likeness (QED) is 0.412. The average Bonchev–Trinajstić information content (AvgIpc) is 3.61. The van der Waals surface area contributed by atoms with Crippen LogP contribution in [-0.2, 0) is 4.74 Å². The third kappa shape index (κ3) is 3.92. The summed E-state index contributed by atoms with van der Waals surface area (Å²) in [7, 11) is 0. The Morgan fingerprint density at radius 3 is 2.57 bits per heavy atom. The molecular weight excluding hydrogens is 478 g/mol. The summed E-state index contributed by atoms with van der Waals surface area (Å²) in [5.74, 6) is 0.0196. The van der Waals surface area contributed by atoms with Crippen molar-refractivity contribution in [2.75, 3.05) is 36.5 Å². The Morgan fingerprint density at radius 2 is 1.89 bits per heavy atom. The molecule has 1 spiro atoms. The van der Waals surface area contributed by atoms with E-state index in [1.807, 2.05) is 36.7 Å². The molecule has 1 N–H and O–H groups in total. The van der Waals surface area contributed by atoms with Crippen molar-refractivity contribution in [3.63, 3.8) is 0 Å². The van der Waals surface area contributed by atoms with E-state index in [2.05, 4.69) is 25.2 Å². The summed E-state index contributed by atoms with van der Waals surface area (Å²) in [5, 5.41) is 2.64. The van der Waals surface area contributed by atoms with Crippen LogP contribution in [0.15, 0.2) is 55.1 Å². The van der Waals surface area contributed by atoms with Gasteiger partial charge in [0.05, 0.1) is 41.9 Å². The highest BCUT2D eigenvalue weighted by Gasteiger charge is 2.49. The molecule has 0 radical (unpaired) electrons. The first-order valence-electron chi connectivity index (χ1n) is 12.3. The van der Waals surface area contributed by atoms with Crippen molar-refractivity contribution in [1.82, 2.24) is 19.4 Å². The number of halogens is 2. The Labute approximate surface area is 211 Å². The van der Waals surface area contributed by atoms with Gasteiger partial charge >= 0.3 is 0 Å². The van der Waals surface area contributed by atoms with Crippen LogP contribution in [-0.4, -0.2) is 51.6 Å². The molecule has 7 rings (SSSR count). The smallest absolute Gasteiger partial charge is 0.282 e. The summed E-state index contributed by atoms with van der Waals surface area (Å²) < 4.78 is 34.6. The number of rotatable bonds is 6. The molecule has 1 amide bonds. The topological polar surface area (TPSA) is 84.7 Å². The zero-order valence-corrected chi connectivity index (χ0v) is 19.9. The molecule has 37 heavy (non-hydrogen) atoms. The maximum absolute atomic E-state index is 13.8. The van der Waals surface area contributed by atoms with Crippen LogP contribution in [0.2, 0.25) is 0 Å². The SMILES string of the molecule is O=C(Nc1cc(-c2ccc(C3CC3)cn2)cnc1C(F)F)c1cnc2ccc(N3CC4(COC4)C3)cn12. The summed E-state index contributed by atoms with van der Waals surface area (Å²) >= 11 is 0. The van der Waals surface area contributed by atoms with E-state index in [9.17, 15) is 13.6 Å². The van der Waals surface area contributed by atoms with Gasteiger partial charge in [-0.25, -0.2) is 13.8 Å². The van der Waals surface area contributed by atoms with Crippen LogP contribution in [0.25, 0.3) is 16.9 Å². The van der Waals surface area contributed by atoms with Crippen LogP contribution in [0.5, 0.6) is 0 Å². The normalized spacial score (nSPS) is 18.2. The second-order valence-electron chi connectivity index (χ2n) is 10.3. The number of pyridine rings is 3. The average molecular weight is 503 g/mol. The maximum atomic E-state index is 13.8. The van der Waals surface area contributed by atoms with Crippen LogP contribution in [0, 0.1) is 5.41 Å². The van der Waals surface area contributed by atoms with Crippen molar-refractivity contribution in [3.05, 3.63) is 72.1 Å². The molecule has 6 heterocycles. The summed E-state index contributed by atoms with van der Waals surface area (Å²) in [6.07, 6.45) is 5.98. The van der Waals surface area contributed by atoms with Gasteiger partial charge in [-0.3, -0.25) is 19.2 Å². The van der Waals surface area contributed by atoms with E-state index in [0.29, 0.717) is 22.8 Å². The van der Waals surface area contributed by atoms with E-state index in [1.54, 1.807) is 4.40 Å². The molecule has 0 aromatic carbocycles. The van der Waals surface area contributed by atoms with Crippen LogP contribution >= 0.6 is 0 Å². The number of amides is 1. The molecule has 0 bridgehead atoms. The first-order valence-corrected chi connectivity index (χ1v) is 12.3. The number of imidazole rings is 1. The van der Waals surface area contributed by atoms with Crippen LogP contribution in [0.1, 0.15) is 46.9 Å². The number of hydrogen-bond acceptors (Lipinski definition) is 6. The highest BCUT2D eigenvalue weighted by molar-refractivity contribution is 6.04. The molecular formula is C27H24F2N6O2. The van der Waals surface area contributed by atoms with Gasteiger partial charge in [-0.15, -0.1) is 0 Å². The minimum Gasteiger partial charge on any atom is -0.380 e. The standard InChI is InChI=1S/C27H24F2N6O2/c28-25(29)24-21(7-18(9-32-24)20-5-3-17(8-30-20)16-1-2-16)33-26(36)22-10-31-23-6-4-19(11-35(22)23)34-12-27(13-34)14-37-15-27/h3-11,16,25H,1-2,12-15H2,(H,33,36). The van der Waals surface area contributed by atoms with Crippen molar-refractivity contribution in [2.24, 2.45) is 5.41 Å². The van der Waals surface area contributed by atoms with Gasteiger partial charge in [0.1, 0.15) is 17.0 Å².